The van der Waals surface area contributed by atoms with E-state index in [1.807, 2.05) is 19.1 Å². The summed E-state index contributed by atoms with van der Waals surface area (Å²) in [5.41, 5.74) is 3.00. The lowest BCUT2D eigenvalue weighted by Crippen LogP contribution is -2.23. The number of rotatable bonds is 4. The van der Waals surface area contributed by atoms with Crippen molar-refractivity contribution in [2.45, 2.75) is 32.2 Å². The van der Waals surface area contributed by atoms with Gasteiger partial charge in [0.05, 0.1) is 17.3 Å². The minimum absolute atomic E-state index is 0.0440. The fourth-order valence-electron chi connectivity index (χ4n) is 3.91. The van der Waals surface area contributed by atoms with Crippen LogP contribution in [0, 0.1) is 5.82 Å². The number of carboxylic acids is 1. The molecule has 0 aliphatic carbocycles. The van der Waals surface area contributed by atoms with Gasteiger partial charge in [-0.1, -0.05) is 18.5 Å². The highest BCUT2D eigenvalue weighted by Gasteiger charge is 2.29. The molecule has 1 fully saturated rings. The van der Waals surface area contributed by atoms with Gasteiger partial charge in [0.15, 0.2) is 0 Å². The van der Waals surface area contributed by atoms with Crippen LogP contribution in [0.2, 0.25) is 5.02 Å². The Hall–Kier alpha value is -2.60. The molecule has 0 amide bonds. The quantitative estimate of drug-likeness (QED) is 0.703. The average molecular weight is 388 g/mol. The smallest absolute Gasteiger partial charge is 0.339 e. The van der Waals surface area contributed by atoms with Crippen molar-refractivity contribution >= 4 is 28.8 Å². The van der Waals surface area contributed by atoms with Gasteiger partial charge in [-0.25, -0.2) is 13.7 Å². The van der Waals surface area contributed by atoms with Gasteiger partial charge in [-0.2, -0.15) is 5.10 Å². The van der Waals surface area contributed by atoms with E-state index in [0.29, 0.717) is 22.7 Å². The largest absolute Gasteiger partial charge is 0.478 e. The number of fused-ring (bicyclic) bond motifs is 1. The summed E-state index contributed by atoms with van der Waals surface area (Å²) in [6.45, 7) is 2.68. The first-order valence-corrected chi connectivity index (χ1v) is 9.33. The zero-order valence-electron chi connectivity index (χ0n) is 14.8. The third-order valence-corrected chi connectivity index (χ3v) is 5.49. The fraction of sp³-hybridized carbons (Fsp3) is 0.300. The Kier molecular flexibility index (Phi) is 4.52. The van der Waals surface area contributed by atoms with E-state index in [9.17, 15) is 14.3 Å². The fourth-order valence-corrected chi connectivity index (χ4v) is 4.16. The van der Waals surface area contributed by atoms with Crippen molar-refractivity contribution in [1.82, 2.24) is 9.61 Å². The zero-order chi connectivity index (χ0) is 19.1. The van der Waals surface area contributed by atoms with Crippen LogP contribution in [0.25, 0.3) is 5.52 Å². The van der Waals surface area contributed by atoms with E-state index in [2.05, 4.69) is 10.00 Å². The Bertz CT molecular complexity index is 1030. The molecule has 1 aliphatic heterocycles. The SMILES string of the molecule is CCc1nn2ccc(N3CCCC3c3cc(F)ccc3Cl)cc2c1C(=O)O. The van der Waals surface area contributed by atoms with E-state index in [4.69, 9.17) is 11.6 Å². The predicted octanol–water partition coefficient (Wildman–Crippen LogP) is 4.73. The summed E-state index contributed by atoms with van der Waals surface area (Å²) < 4.78 is 15.4. The Morgan fingerprint density at radius 2 is 2.19 bits per heavy atom. The minimum atomic E-state index is -0.981. The molecule has 0 radical (unpaired) electrons. The topological polar surface area (TPSA) is 57.8 Å². The van der Waals surface area contributed by atoms with Gasteiger partial charge in [-0.05, 0) is 55.2 Å². The van der Waals surface area contributed by atoms with Gasteiger partial charge in [0, 0.05) is 23.5 Å². The van der Waals surface area contributed by atoms with Crippen LogP contribution < -0.4 is 4.90 Å². The summed E-state index contributed by atoms with van der Waals surface area (Å²) in [5, 5.41) is 14.5. The summed E-state index contributed by atoms with van der Waals surface area (Å²) in [6, 6.07) is 8.14. The summed E-state index contributed by atoms with van der Waals surface area (Å²) in [6.07, 6.45) is 4.14. The third kappa shape index (κ3) is 3.04. The molecule has 1 unspecified atom stereocenters. The van der Waals surface area contributed by atoms with E-state index in [-0.39, 0.29) is 17.4 Å². The van der Waals surface area contributed by atoms with Gasteiger partial charge in [0.1, 0.15) is 11.4 Å². The molecule has 1 aliphatic rings. The van der Waals surface area contributed by atoms with E-state index >= 15 is 0 Å². The maximum Gasteiger partial charge on any atom is 0.339 e. The van der Waals surface area contributed by atoms with Crippen molar-refractivity contribution in [2.75, 3.05) is 11.4 Å². The first-order valence-electron chi connectivity index (χ1n) is 8.95. The van der Waals surface area contributed by atoms with Gasteiger partial charge in [-0.3, -0.25) is 0 Å². The van der Waals surface area contributed by atoms with Gasteiger partial charge in [0.2, 0.25) is 0 Å². The number of hydrogen-bond donors (Lipinski definition) is 1. The van der Waals surface area contributed by atoms with Gasteiger partial charge >= 0.3 is 5.97 Å². The van der Waals surface area contributed by atoms with Crippen LogP contribution >= 0.6 is 11.6 Å². The molecule has 7 heteroatoms. The molecule has 0 saturated carbocycles. The van der Waals surface area contributed by atoms with E-state index < -0.39 is 5.97 Å². The number of halogens is 2. The number of carbonyl (C=O) groups is 1. The number of aromatic carboxylic acids is 1. The van der Waals surface area contributed by atoms with Crippen LogP contribution in [-0.2, 0) is 6.42 Å². The molecule has 3 heterocycles. The number of anilines is 1. The molecule has 1 atom stereocenters. The third-order valence-electron chi connectivity index (χ3n) is 5.14. The van der Waals surface area contributed by atoms with Crippen molar-refractivity contribution < 1.29 is 14.3 Å². The molecule has 5 nitrogen and oxygen atoms in total. The van der Waals surface area contributed by atoms with Gasteiger partial charge < -0.3 is 10.0 Å². The second-order valence-corrected chi connectivity index (χ2v) is 7.12. The second-order valence-electron chi connectivity index (χ2n) is 6.71. The summed E-state index contributed by atoms with van der Waals surface area (Å²) in [5.74, 6) is -1.29. The molecule has 2 aromatic heterocycles. The summed E-state index contributed by atoms with van der Waals surface area (Å²) >= 11 is 6.33. The molecule has 0 bridgehead atoms. The van der Waals surface area contributed by atoms with Crippen molar-refractivity contribution in [3.63, 3.8) is 0 Å². The molecular formula is C20H19ClFN3O2. The molecule has 0 spiro atoms. The number of benzene rings is 1. The maximum absolute atomic E-state index is 13.8. The van der Waals surface area contributed by atoms with Crippen LogP contribution in [0.1, 0.15) is 47.4 Å². The highest BCUT2D eigenvalue weighted by atomic mass is 35.5. The number of pyridine rings is 1. The number of carboxylic acid groups (broad SMARTS) is 1. The summed E-state index contributed by atoms with van der Waals surface area (Å²) in [4.78, 5) is 13.9. The van der Waals surface area contributed by atoms with E-state index in [1.165, 1.54) is 12.1 Å². The maximum atomic E-state index is 13.8. The zero-order valence-corrected chi connectivity index (χ0v) is 15.6. The Morgan fingerprint density at radius 3 is 2.93 bits per heavy atom. The lowest BCUT2D eigenvalue weighted by atomic mass is 10.0. The lowest BCUT2D eigenvalue weighted by molar-refractivity contribution is 0.0698. The van der Waals surface area contributed by atoms with Crippen molar-refractivity contribution in [3.05, 3.63) is 64.2 Å². The normalized spacial score (nSPS) is 17.0. The number of nitrogens with zero attached hydrogens (tertiary/aromatic N) is 3. The van der Waals surface area contributed by atoms with Crippen LogP contribution in [0.4, 0.5) is 10.1 Å². The van der Waals surface area contributed by atoms with Crippen LogP contribution in [0.15, 0.2) is 36.5 Å². The minimum Gasteiger partial charge on any atom is -0.478 e. The van der Waals surface area contributed by atoms with Crippen LogP contribution in [0.5, 0.6) is 0 Å². The lowest BCUT2D eigenvalue weighted by Gasteiger charge is -2.28. The van der Waals surface area contributed by atoms with Crippen LogP contribution in [0.3, 0.4) is 0 Å². The monoisotopic (exact) mass is 387 g/mol. The highest BCUT2D eigenvalue weighted by Crippen LogP contribution is 2.39. The predicted molar refractivity (Wildman–Crippen MR) is 102 cm³/mol. The summed E-state index contributed by atoms with van der Waals surface area (Å²) in [7, 11) is 0. The number of aryl methyl sites for hydroxylation is 1. The van der Waals surface area contributed by atoms with Gasteiger partial charge in [0.25, 0.3) is 0 Å². The van der Waals surface area contributed by atoms with E-state index in [0.717, 1.165) is 30.6 Å². The molecular weight excluding hydrogens is 369 g/mol. The number of hydrogen-bond acceptors (Lipinski definition) is 3. The molecule has 1 aromatic carbocycles. The standard InChI is InChI=1S/C20H19ClFN3O2/c1-2-16-19(20(26)27)18-11-13(7-9-25(18)23-16)24-8-3-4-17(24)14-10-12(22)5-6-15(14)21/h5-7,9-11,17H,2-4,8H2,1H3,(H,26,27). The Balaban J connectivity index is 1.80. The highest BCUT2D eigenvalue weighted by molar-refractivity contribution is 6.31. The second kappa shape index (κ2) is 6.85. The molecule has 140 valence electrons. The molecule has 1 N–H and O–H groups in total. The first kappa shape index (κ1) is 17.8. The number of aromatic nitrogens is 2. The molecule has 1 saturated heterocycles. The van der Waals surface area contributed by atoms with Gasteiger partial charge in [-0.15, -0.1) is 0 Å². The van der Waals surface area contributed by atoms with Crippen molar-refractivity contribution in [3.8, 4) is 0 Å². The molecule has 3 aromatic rings. The molecule has 27 heavy (non-hydrogen) atoms. The van der Waals surface area contributed by atoms with Crippen molar-refractivity contribution in [2.24, 2.45) is 0 Å². The Morgan fingerprint density at radius 1 is 1.37 bits per heavy atom. The van der Waals surface area contributed by atoms with Crippen LogP contribution in [-0.4, -0.2) is 27.2 Å². The molecule has 4 rings (SSSR count). The van der Waals surface area contributed by atoms with Crippen molar-refractivity contribution in [1.29, 1.82) is 0 Å². The average Bonchev–Trinajstić information content (AvgIpc) is 3.27. The van der Waals surface area contributed by atoms with E-state index in [1.54, 1.807) is 16.8 Å². The Labute approximate surface area is 161 Å². The first-order chi connectivity index (χ1) is 13.0.